The molecule has 2 aromatic carbocycles. The quantitative estimate of drug-likeness (QED) is 0.720. The maximum atomic E-state index is 13.7. The van der Waals surface area contributed by atoms with Gasteiger partial charge >= 0.3 is 6.18 Å². The number of anilines is 1. The monoisotopic (exact) mass is 424 g/mol. The lowest BCUT2D eigenvalue weighted by Gasteiger charge is -2.11. The molecule has 0 heterocycles. The fraction of sp³-hybridized carbons (Fsp3) is 0.0667. The first-order valence-corrected chi connectivity index (χ1v) is 10.1. The second kappa shape index (κ2) is 7.29. The summed E-state index contributed by atoms with van der Waals surface area (Å²) in [5.41, 5.74) is -2.17. The van der Waals surface area contributed by atoms with Gasteiger partial charge in [0, 0.05) is 0 Å². The Balaban J connectivity index is 2.41. The zero-order valence-corrected chi connectivity index (χ0v) is 14.9. The van der Waals surface area contributed by atoms with Crippen molar-refractivity contribution in [3.63, 3.8) is 0 Å². The Morgan fingerprint density at radius 1 is 0.963 bits per heavy atom. The number of rotatable bonds is 5. The van der Waals surface area contributed by atoms with Gasteiger partial charge in [-0.15, -0.1) is 0 Å². The molecule has 0 amide bonds. The summed E-state index contributed by atoms with van der Waals surface area (Å²) >= 11 is 0. The minimum Gasteiger partial charge on any atom is -0.279 e. The number of hydrogen-bond acceptors (Lipinski definition) is 4. The second-order valence-corrected chi connectivity index (χ2v) is 8.26. The topological polar surface area (TPSA) is 106 Å². The lowest BCUT2D eigenvalue weighted by molar-refractivity contribution is -0.137. The van der Waals surface area contributed by atoms with Crippen molar-refractivity contribution in [3.8, 4) is 0 Å². The highest BCUT2D eigenvalue weighted by atomic mass is 32.2. The van der Waals surface area contributed by atoms with Gasteiger partial charge in [0.25, 0.3) is 10.0 Å². The average Bonchev–Trinajstić information content (AvgIpc) is 2.51. The molecule has 0 aliphatic carbocycles. The maximum absolute atomic E-state index is 13.7. The third kappa shape index (κ3) is 5.28. The molecule has 2 aromatic rings. The van der Waals surface area contributed by atoms with Crippen LogP contribution in [0.25, 0.3) is 6.08 Å². The van der Waals surface area contributed by atoms with E-state index in [1.165, 1.54) is 6.07 Å². The summed E-state index contributed by atoms with van der Waals surface area (Å²) in [5, 5.41) is 5.26. The first-order chi connectivity index (χ1) is 12.3. The molecule has 0 unspecified atom stereocenters. The minimum absolute atomic E-state index is 0.398. The maximum Gasteiger partial charge on any atom is 0.416 e. The van der Waals surface area contributed by atoms with Crippen molar-refractivity contribution >= 4 is 31.8 Å². The standard InChI is InChI=1S/C15H12F4N2O4S2/c16-12-6-3-7-13(14(12)27(20,24)25)21-26(22,23)9-8-10-4-1-2-5-11(10)15(17,18)19/h1-9,21H,(H2,20,24,25)/b9-8+. The molecule has 0 aliphatic rings. The van der Waals surface area contributed by atoms with E-state index < -0.39 is 53.7 Å². The molecule has 12 heteroatoms. The molecule has 0 radical (unpaired) electrons. The number of sulfonamides is 2. The van der Waals surface area contributed by atoms with E-state index in [-0.39, 0.29) is 0 Å². The van der Waals surface area contributed by atoms with Gasteiger partial charge in [0.1, 0.15) is 10.7 Å². The van der Waals surface area contributed by atoms with E-state index in [2.05, 4.69) is 0 Å². The van der Waals surface area contributed by atoms with Crippen molar-refractivity contribution in [2.45, 2.75) is 11.1 Å². The van der Waals surface area contributed by atoms with Crippen molar-refractivity contribution in [3.05, 3.63) is 64.8 Å². The van der Waals surface area contributed by atoms with E-state index in [0.29, 0.717) is 11.5 Å². The first-order valence-electron chi connectivity index (χ1n) is 7.00. The van der Waals surface area contributed by atoms with Crippen LogP contribution < -0.4 is 9.86 Å². The summed E-state index contributed by atoms with van der Waals surface area (Å²) in [6.07, 6.45) is -4.03. The number of nitrogens with one attached hydrogen (secondary N) is 1. The van der Waals surface area contributed by atoms with E-state index in [0.717, 1.165) is 36.4 Å². The molecule has 27 heavy (non-hydrogen) atoms. The van der Waals surface area contributed by atoms with Gasteiger partial charge in [-0.05, 0) is 29.8 Å². The molecule has 0 atom stereocenters. The Bertz CT molecular complexity index is 1100. The Morgan fingerprint density at radius 3 is 2.19 bits per heavy atom. The van der Waals surface area contributed by atoms with Gasteiger partial charge in [0.05, 0.1) is 16.7 Å². The van der Waals surface area contributed by atoms with Crippen LogP contribution in [0.1, 0.15) is 11.1 Å². The van der Waals surface area contributed by atoms with Crippen LogP contribution in [0.3, 0.4) is 0 Å². The fourth-order valence-electron chi connectivity index (χ4n) is 2.13. The molecule has 0 aromatic heterocycles. The number of hydrogen-bond donors (Lipinski definition) is 2. The molecule has 0 fully saturated rings. The Kier molecular flexibility index (Phi) is 5.63. The summed E-state index contributed by atoms with van der Waals surface area (Å²) in [4.78, 5) is -1.09. The van der Waals surface area contributed by atoms with Gasteiger partial charge < -0.3 is 0 Å². The van der Waals surface area contributed by atoms with Crippen LogP contribution in [0.15, 0.2) is 52.8 Å². The van der Waals surface area contributed by atoms with Crippen LogP contribution in [0, 0.1) is 5.82 Å². The van der Waals surface area contributed by atoms with Crippen molar-refractivity contribution in [2.24, 2.45) is 5.14 Å². The van der Waals surface area contributed by atoms with Crippen LogP contribution >= 0.6 is 0 Å². The zero-order valence-electron chi connectivity index (χ0n) is 13.2. The van der Waals surface area contributed by atoms with Crippen LogP contribution in [-0.4, -0.2) is 16.8 Å². The molecule has 146 valence electrons. The predicted octanol–water partition coefficient (Wildman–Crippen LogP) is 2.90. The van der Waals surface area contributed by atoms with Crippen LogP contribution in [0.2, 0.25) is 0 Å². The van der Waals surface area contributed by atoms with Crippen molar-refractivity contribution in [1.29, 1.82) is 0 Å². The van der Waals surface area contributed by atoms with E-state index in [4.69, 9.17) is 5.14 Å². The first kappa shape index (κ1) is 20.9. The molecule has 0 spiro atoms. The number of halogens is 4. The summed E-state index contributed by atoms with van der Waals surface area (Å²) in [5.74, 6) is -1.29. The molecule has 0 bridgehead atoms. The number of benzene rings is 2. The molecule has 3 N–H and O–H groups in total. The Labute approximate surface area is 152 Å². The third-order valence-electron chi connectivity index (χ3n) is 3.20. The molecular weight excluding hydrogens is 412 g/mol. The molecule has 0 saturated carbocycles. The van der Waals surface area contributed by atoms with Gasteiger partial charge in [0.15, 0.2) is 0 Å². The highest BCUT2D eigenvalue weighted by Gasteiger charge is 2.32. The van der Waals surface area contributed by atoms with Crippen molar-refractivity contribution in [2.75, 3.05) is 4.72 Å². The Hall–Kier alpha value is -2.44. The van der Waals surface area contributed by atoms with E-state index in [1.807, 2.05) is 0 Å². The second-order valence-electron chi connectivity index (χ2n) is 5.20. The average molecular weight is 424 g/mol. The number of primary sulfonamides is 1. The lowest BCUT2D eigenvalue weighted by Crippen LogP contribution is -2.19. The number of nitrogens with two attached hydrogens (primary N) is 1. The molecule has 6 nitrogen and oxygen atoms in total. The van der Waals surface area contributed by atoms with Gasteiger partial charge in [-0.2, -0.15) is 13.2 Å². The summed E-state index contributed by atoms with van der Waals surface area (Å²) < 4.78 is 101. The lowest BCUT2D eigenvalue weighted by atomic mass is 10.1. The zero-order chi connectivity index (χ0) is 20.5. The van der Waals surface area contributed by atoms with E-state index >= 15 is 0 Å². The van der Waals surface area contributed by atoms with Gasteiger partial charge in [-0.1, -0.05) is 24.3 Å². The fourth-order valence-corrected chi connectivity index (χ4v) is 3.83. The predicted molar refractivity (Wildman–Crippen MR) is 90.8 cm³/mol. The van der Waals surface area contributed by atoms with E-state index in [1.54, 1.807) is 4.72 Å². The van der Waals surface area contributed by atoms with Gasteiger partial charge in [-0.3, -0.25) is 4.72 Å². The minimum atomic E-state index is -4.71. The van der Waals surface area contributed by atoms with Crippen LogP contribution in [-0.2, 0) is 26.2 Å². The SMILES string of the molecule is NS(=O)(=O)c1c(F)cccc1NS(=O)(=O)/C=C/c1ccccc1C(F)(F)F. The third-order valence-corrected chi connectivity index (χ3v) is 5.18. The molecule has 0 saturated heterocycles. The highest BCUT2D eigenvalue weighted by molar-refractivity contribution is 7.95. The smallest absolute Gasteiger partial charge is 0.279 e. The summed E-state index contributed by atoms with van der Waals surface area (Å²) in [6, 6.07) is 6.96. The number of alkyl halides is 3. The van der Waals surface area contributed by atoms with Crippen molar-refractivity contribution < 1.29 is 34.4 Å². The van der Waals surface area contributed by atoms with Crippen molar-refractivity contribution in [1.82, 2.24) is 0 Å². The largest absolute Gasteiger partial charge is 0.416 e. The van der Waals surface area contributed by atoms with Gasteiger partial charge in [0.2, 0.25) is 10.0 Å². The Morgan fingerprint density at radius 2 is 1.59 bits per heavy atom. The molecule has 0 aliphatic heterocycles. The molecular formula is C15H12F4N2O4S2. The van der Waals surface area contributed by atoms with Crippen LogP contribution in [0.4, 0.5) is 23.2 Å². The normalized spacial score (nSPS) is 13.1. The highest BCUT2D eigenvalue weighted by Crippen LogP contribution is 2.32. The summed E-state index contributed by atoms with van der Waals surface area (Å²) in [6.45, 7) is 0. The summed E-state index contributed by atoms with van der Waals surface area (Å²) in [7, 11) is -9.08. The van der Waals surface area contributed by atoms with Crippen LogP contribution in [0.5, 0.6) is 0 Å². The van der Waals surface area contributed by atoms with E-state index in [9.17, 15) is 34.4 Å². The van der Waals surface area contributed by atoms with Gasteiger partial charge in [-0.25, -0.2) is 26.4 Å². The molecule has 2 rings (SSSR count).